The van der Waals surface area contributed by atoms with Crippen molar-refractivity contribution in [2.75, 3.05) is 32.8 Å². The number of benzene rings is 1. The summed E-state index contributed by atoms with van der Waals surface area (Å²) in [6, 6.07) is 9.65. The van der Waals surface area contributed by atoms with Crippen molar-refractivity contribution in [1.29, 1.82) is 0 Å². The lowest BCUT2D eigenvalue weighted by atomic mass is 9.70. The van der Waals surface area contributed by atoms with Crippen LogP contribution in [-0.2, 0) is 16.1 Å². The third-order valence-corrected chi connectivity index (χ3v) is 13.6. The zero-order valence-corrected chi connectivity index (χ0v) is 30.8. The average molecular weight is 724 g/mol. The van der Waals surface area contributed by atoms with Crippen molar-refractivity contribution in [2.24, 2.45) is 28.6 Å². The molecule has 1 aromatic carbocycles. The zero-order valence-electron chi connectivity index (χ0n) is 30.0. The van der Waals surface area contributed by atoms with Crippen LogP contribution in [0.25, 0.3) is 5.69 Å². The van der Waals surface area contributed by atoms with E-state index in [1.165, 1.54) is 57.8 Å². The van der Waals surface area contributed by atoms with E-state index < -0.39 is 6.09 Å². The van der Waals surface area contributed by atoms with Gasteiger partial charge >= 0.3 is 6.09 Å². The van der Waals surface area contributed by atoms with Gasteiger partial charge in [0.05, 0.1) is 11.9 Å². The van der Waals surface area contributed by atoms with E-state index in [0.717, 1.165) is 33.8 Å². The summed E-state index contributed by atoms with van der Waals surface area (Å²) in [5.41, 5.74) is 3.78. The Kier molecular flexibility index (Phi) is 10.2. The van der Waals surface area contributed by atoms with E-state index in [2.05, 4.69) is 43.0 Å². The Morgan fingerprint density at radius 3 is 2.50 bits per heavy atom. The molecule has 0 saturated heterocycles. The number of hydrogen-bond acceptors (Lipinski definition) is 9. The fourth-order valence-electron chi connectivity index (χ4n) is 10.4. The van der Waals surface area contributed by atoms with Gasteiger partial charge in [0.1, 0.15) is 12.4 Å². The van der Waals surface area contributed by atoms with Crippen molar-refractivity contribution in [3.05, 3.63) is 59.7 Å². The maximum Gasteiger partial charge on any atom is 0.408 e. The molecule has 0 aliphatic heterocycles. The van der Waals surface area contributed by atoms with E-state index in [1.807, 2.05) is 48.0 Å². The topological polar surface area (TPSA) is 132 Å². The molecule has 52 heavy (non-hydrogen) atoms. The molecule has 9 rings (SSSR count). The van der Waals surface area contributed by atoms with Gasteiger partial charge < -0.3 is 25.4 Å². The van der Waals surface area contributed by atoms with Gasteiger partial charge in [0.2, 0.25) is 5.91 Å². The highest BCUT2D eigenvalue weighted by Crippen LogP contribution is 2.91. The molecule has 6 fully saturated rings. The molecule has 4 bridgehead atoms. The smallest absolute Gasteiger partial charge is 0.408 e. The van der Waals surface area contributed by atoms with Gasteiger partial charge in [-0.1, -0.05) is 36.4 Å². The average Bonchev–Trinajstić information content (AvgIpc) is 3.74. The molecule has 2 heterocycles. The normalized spacial score (nSPS) is 26.4. The second-order valence-corrected chi connectivity index (χ2v) is 16.8. The summed E-state index contributed by atoms with van der Waals surface area (Å²) >= 11 is 1.79. The number of aryl methyl sites for hydroxylation is 1. The lowest BCUT2D eigenvalue weighted by molar-refractivity contribution is -0.122. The Morgan fingerprint density at radius 1 is 1.00 bits per heavy atom. The van der Waals surface area contributed by atoms with Crippen LogP contribution in [-0.4, -0.2) is 69.8 Å². The predicted molar refractivity (Wildman–Crippen MR) is 198 cm³/mol. The summed E-state index contributed by atoms with van der Waals surface area (Å²) in [6.45, 7) is 4.49. The SMILES string of the molecule is Cc1cc(OCc2nnc(SC3CCCC3)n2-c2cccnc2)ccc1C#CCOC(=O)NCCNCCNC(=O)CC1C23CC4CC(C2)CC13C4. The molecule has 6 aliphatic rings. The van der Waals surface area contributed by atoms with Crippen LogP contribution in [0.15, 0.2) is 47.9 Å². The minimum atomic E-state index is -0.509. The quantitative estimate of drug-likeness (QED) is 0.136. The van der Waals surface area contributed by atoms with Crippen LogP contribution >= 0.6 is 11.8 Å². The minimum Gasteiger partial charge on any atom is -0.486 e. The maximum absolute atomic E-state index is 12.6. The van der Waals surface area contributed by atoms with E-state index in [0.29, 0.717) is 66.2 Å². The molecule has 0 radical (unpaired) electrons. The first-order valence-corrected chi connectivity index (χ1v) is 19.9. The van der Waals surface area contributed by atoms with Gasteiger partial charge in [-0.3, -0.25) is 14.3 Å². The number of nitrogens with zero attached hydrogens (tertiary/aromatic N) is 4. The molecule has 6 saturated carbocycles. The summed E-state index contributed by atoms with van der Waals surface area (Å²) in [5, 5.41) is 19.5. The summed E-state index contributed by atoms with van der Waals surface area (Å²) in [4.78, 5) is 29.0. The number of alkyl carbamates (subject to hydrolysis) is 1. The third kappa shape index (κ3) is 7.14. The Hall–Kier alpha value is -4.08. The Labute approximate surface area is 310 Å². The molecule has 6 aliphatic carbocycles. The monoisotopic (exact) mass is 723 g/mol. The molecular formula is C40H49N7O4S. The standard InChI is InChI=1S/C40H49N7O4S/c1-27-18-32(51-26-35-45-46-37(52-33-8-2-3-9-33)47(35)31-7-4-12-42-25-31)11-10-30(27)6-5-17-50-38(49)44-16-14-41-13-15-43-36(48)20-34-39-21-28-19-29(23-39)24-40(34,39)22-28/h4,7,10-12,18,25,28-29,33-34,41H,2-3,8-9,13-17,19-24,26H2,1H3,(H,43,48)(H,44,49). The van der Waals surface area contributed by atoms with Gasteiger partial charge in [-0.15, -0.1) is 10.2 Å². The number of nitrogens with one attached hydrogen (secondary N) is 3. The molecule has 274 valence electrons. The summed E-state index contributed by atoms with van der Waals surface area (Å²) < 4.78 is 13.4. The largest absolute Gasteiger partial charge is 0.486 e. The number of ether oxygens (including phenoxy) is 2. The minimum absolute atomic E-state index is 0.0148. The van der Waals surface area contributed by atoms with Crippen LogP contribution in [0.1, 0.15) is 81.2 Å². The molecule has 11 nitrogen and oxygen atoms in total. The molecule has 0 atom stereocenters. The summed E-state index contributed by atoms with van der Waals surface area (Å²) in [6.07, 6.45) is 15.7. The predicted octanol–water partition coefficient (Wildman–Crippen LogP) is 5.58. The van der Waals surface area contributed by atoms with Gasteiger partial charge in [0, 0.05) is 49.6 Å². The second-order valence-electron chi connectivity index (χ2n) is 15.5. The molecule has 12 heteroatoms. The van der Waals surface area contributed by atoms with Crippen LogP contribution in [0, 0.1) is 47.3 Å². The van der Waals surface area contributed by atoms with E-state index in [1.54, 1.807) is 18.0 Å². The first kappa shape index (κ1) is 35.0. The number of hydrogen-bond donors (Lipinski definition) is 3. The first-order valence-electron chi connectivity index (χ1n) is 19.0. The number of amides is 2. The number of carbonyl (C=O) groups excluding carboxylic acids is 2. The van der Waals surface area contributed by atoms with Crippen molar-refractivity contribution in [1.82, 2.24) is 35.7 Å². The van der Waals surface area contributed by atoms with Crippen LogP contribution in [0.5, 0.6) is 5.75 Å². The van der Waals surface area contributed by atoms with Crippen molar-refractivity contribution >= 4 is 23.8 Å². The van der Waals surface area contributed by atoms with Crippen molar-refractivity contribution in [2.45, 2.75) is 88.1 Å². The molecule has 3 aromatic rings. The number of rotatable bonds is 15. The second kappa shape index (κ2) is 15.1. The highest BCUT2D eigenvalue weighted by Gasteiger charge is 2.84. The zero-order chi connectivity index (χ0) is 35.5. The van der Waals surface area contributed by atoms with Gasteiger partial charge in [-0.2, -0.15) is 0 Å². The van der Waals surface area contributed by atoms with Crippen LogP contribution in [0.4, 0.5) is 4.79 Å². The molecule has 2 spiro atoms. The first-order chi connectivity index (χ1) is 25.4. The number of pyridine rings is 1. The number of aromatic nitrogens is 4. The molecule has 2 amide bonds. The fourth-order valence-corrected chi connectivity index (χ4v) is 11.7. The lowest BCUT2D eigenvalue weighted by Crippen LogP contribution is -2.37. The van der Waals surface area contributed by atoms with Crippen LogP contribution in [0.2, 0.25) is 0 Å². The number of carbonyl (C=O) groups is 2. The Morgan fingerprint density at radius 2 is 1.77 bits per heavy atom. The molecule has 2 aromatic heterocycles. The third-order valence-electron chi connectivity index (χ3n) is 12.3. The highest BCUT2D eigenvalue weighted by atomic mass is 32.2. The van der Waals surface area contributed by atoms with E-state index >= 15 is 0 Å². The summed E-state index contributed by atoms with van der Waals surface area (Å²) in [7, 11) is 0. The fraction of sp³-hybridized carbons (Fsp3) is 0.575. The van der Waals surface area contributed by atoms with E-state index in [9.17, 15) is 9.59 Å². The Balaban J connectivity index is 0.710. The van der Waals surface area contributed by atoms with Gasteiger partial charge in [0.25, 0.3) is 0 Å². The van der Waals surface area contributed by atoms with Gasteiger partial charge in [0.15, 0.2) is 17.6 Å². The van der Waals surface area contributed by atoms with Crippen molar-refractivity contribution in [3.8, 4) is 23.3 Å². The highest BCUT2D eigenvalue weighted by molar-refractivity contribution is 7.99. The van der Waals surface area contributed by atoms with Crippen LogP contribution < -0.4 is 20.7 Å². The summed E-state index contributed by atoms with van der Waals surface area (Å²) in [5.74, 6) is 10.2. The van der Waals surface area contributed by atoms with Crippen molar-refractivity contribution < 1.29 is 19.1 Å². The molecular weight excluding hydrogens is 675 g/mol. The molecule has 0 unspecified atom stereocenters. The van der Waals surface area contributed by atoms with Gasteiger partial charge in [-0.25, -0.2) is 4.79 Å². The van der Waals surface area contributed by atoms with Crippen molar-refractivity contribution in [3.63, 3.8) is 0 Å². The Bertz CT molecular complexity index is 1800. The number of thioether (sulfide) groups is 1. The van der Waals surface area contributed by atoms with Crippen LogP contribution in [0.3, 0.4) is 0 Å². The lowest BCUT2D eigenvalue weighted by Gasteiger charge is -2.35. The van der Waals surface area contributed by atoms with E-state index in [-0.39, 0.29) is 19.1 Å². The van der Waals surface area contributed by atoms with E-state index in [4.69, 9.17) is 9.47 Å². The molecule has 3 N–H and O–H groups in total. The van der Waals surface area contributed by atoms with Gasteiger partial charge in [-0.05, 0) is 116 Å². The maximum atomic E-state index is 12.6.